The lowest BCUT2D eigenvalue weighted by atomic mass is 10.2. The third-order valence-electron chi connectivity index (χ3n) is 2.09. The van der Waals surface area contributed by atoms with Crippen LogP contribution in [-0.4, -0.2) is 36.9 Å². The van der Waals surface area contributed by atoms with E-state index in [1.807, 2.05) is 6.07 Å². The van der Waals surface area contributed by atoms with E-state index in [-0.39, 0.29) is 20.3 Å². The summed E-state index contributed by atoms with van der Waals surface area (Å²) in [5, 5.41) is 11.0. The van der Waals surface area contributed by atoms with Crippen LogP contribution in [0.1, 0.15) is 6.93 Å². The molecule has 0 heterocycles. The second kappa shape index (κ2) is 7.29. The molecule has 0 spiro atoms. The fourth-order valence-electron chi connectivity index (χ4n) is 1.20. The van der Waals surface area contributed by atoms with Gasteiger partial charge < -0.3 is 19.9 Å². The Morgan fingerprint density at radius 2 is 2.17 bits per heavy atom. The summed E-state index contributed by atoms with van der Waals surface area (Å²) in [6.45, 7) is -0.225. The lowest BCUT2D eigenvalue weighted by molar-refractivity contribution is -0.140. The lowest BCUT2D eigenvalue weighted by Crippen LogP contribution is -2.43. The van der Waals surface area contributed by atoms with Gasteiger partial charge in [0.05, 0.1) is 7.98 Å². The zero-order chi connectivity index (χ0) is 14.1. The second-order valence-electron chi connectivity index (χ2n) is 3.47. The highest BCUT2D eigenvalue weighted by atomic mass is 16.5. The molecule has 1 atom stereocenters. The topological polar surface area (TPSA) is 84.9 Å². The molecule has 0 radical (unpaired) electrons. The number of carboxylic acids is 1. The number of rotatable bonds is 6. The van der Waals surface area contributed by atoms with Gasteiger partial charge in [0.25, 0.3) is 0 Å². The highest BCUT2D eigenvalue weighted by Gasteiger charge is 2.20. The van der Waals surface area contributed by atoms with Crippen LogP contribution in [0.15, 0.2) is 30.3 Å². The summed E-state index contributed by atoms with van der Waals surface area (Å²) in [5.41, 5.74) is 0.798. The number of hydrogen-bond acceptors (Lipinski definition) is 4. The molecular formula is C12H15NO5. The van der Waals surface area contributed by atoms with Crippen LogP contribution in [0.3, 0.4) is 0 Å². The van der Waals surface area contributed by atoms with Crippen LogP contribution in [0.25, 0.3) is 0 Å². The minimum Gasteiger partial charge on any atom is -0.480 e. The van der Waals surface area contributed by atoms with Crippen molar-refractivity contribution in [1.29, 1.82) is 0 Å². The molecule has 6 nitrogen and oxygen atoms in total. The van der Waals surface area contributed by atoms with Gasteiger partial charge in [-0.25, -0.2) is 9.59 Å². The summed E-state index contributed by atoms with van der Waals surface area (Å²) in [5.74, 6) is -1.25. The molecule has 6 heteroatoms. The molecule has 2 N–H and O–H groups in total. The number of nitrogens with one attached hydrogen (secondary N) is 1. The Balaban J connectivity index is 2.38. The van der Waals surface area contributed by atoms with Gasteiger partial charge in [0.15, 0.2) is 6.04 Å². The first-order chi connectivity index (χ1) is 9.13. The quantitative estimate of drug-likeness (QED) is 0.791. The fourth-order valence-corrected chi connectivity index (χ4v) is 1.20. The number of methoxy groups -OCH3 is 1. The molecule has 0 aliphatic rings. The van der Waals surface area contributed by atoms with Crippen LogP contribution in [-0.2, 0) is 20.9 Å². The van der Waals surface area contributed by atoms with Crippen molar-refractivity contribution in [2.45, 2.75) is 12.6 Å². The first-order valence-corrected chi connectivity index (χ1v) is 5.20. The van der Waals surface area contributed by atoms with Crippen molar-refractivity contribution in [1.82, 2.24) is 5.32 Å². The standard InChI is InChI=1S/C12H15NO5/c1-17-8-10(11(14)15)13-12(16)18-7-9-5-3-2-4-6-9/h2-6,10H,7-8H2,1H3,(H,13,16)(H,14,15)/t10-/m0/s1/i1D. The summed E-state index contributed by atoms with van der Waals surface area (Å²) in [6, 6.07) is 7.78. The molecule has 98 valence electrons. The highest BCUT2D eigenvalue weighted by Crippen LogP contribution is 2.00. The Bertz CT molecular complexity index is 412. The fraction of sp³-hybridized carbons (Fsp3) is 0.333. The number of ether oxygens (including phenoxy) is 2. The Kier molecular flexibility index (Phi) is 5.01. The third-order valence-corrected chi connectivity index (χ3v) is 2.09. The molecule has 1 amide bonds. The van der Waals surface area contributed by atoms with E-state index in [9.17, 15) is 9.59 Å². The van der Waals surface area contributed by atoms with Gasteiger partial charge in [-0.15, -0.1) is 0 Å². The lowest BCUT2D eigenvalue weighted by Gasteiger charge is -2.13. The van der Waals surface area contributed by atoms with Crippen LogP contribution in [0, 0.1) is 0 Å². The predicted octanol–water partition coefficient (Wildman–Crippen LogP) is 1.01. The normalized spacial score (nSPS) is 12.3. The number of benzene rings is 1. The minimum atomic E-state index is -1.25. The van der Waals surface area contributed by atoms with Crippen molar-refractivity contribution in [2.75, 3.05) is 13.7 Å². The summed E-state index contributed by atoms with van der Waals surface area (Å²) < 4.78 is 16.3. The van der Waals surface area contributed by atoms with Gasteiger partial charge in [0.2, 0.25) is 0 Å². The highest BCUT2D eigenvalue weighted by molar-refractivity contribution is 5.79. The second-order valence-corrected chi connectivity index (χ2v) is 3.47. The maximum atomic E-state index is 11.4. The van der Waals surface area contributed by atoms with E-state index in [1.165, 1.54) is 0 Å². The van der Waals surface area contributed by atoms with E-state index in [0.29, 0.717) is 0 Å². The molecule has 18 heavy (non-hydrogen) atoms. The number of alkyl carbamates (subject to hydrolysis) is 1. The summed E-state index contributed by atoms with van der Waals surface area (Å²) in [4.78, 5) is 22.2. The zero-order valence-electron chi connectivity index (χ0n) is 10.7. The van der Waals surface area contributed by atoms with Crippen LogP contribution < -0.4 is 5.32 Å². The van der Waals surface area contributed by atoms with Gasteiger partial charge in [0, 0.05) is 7.09 Å². The third kappa shape index (κ3) is 4.84. The molecule has 0 saturated carbocycles. The maximum absolute atomic E-state index is 11.4. The van der Waals surface area contributed by atoms with Gasteiger partial charge in [-0.1, -0.05) is 30.3 Å². The van der Waals surface area contributed by atoms with E-state index >= 15 is 0 Å². The maximum Gasteiger partial charge on any atom is 0.408 e. The van der Waals surface area contributed by atoms with Crippen LogP contribution in [0.4, 0.5) is 4.79 Å². The van der Waals surface area contributed by atoms with E-state index in [2.05, 4.69) is 10.1 Å². The molecule has 1 rings (SSSR count). The summed E-state index contributed by atoms with van der Waals surface area (Å²) >= 11 is 0. The molecule has 0 fully saturated rings. The molecule has 0 saturated heterocycles. The number of amides is 1. The number of carbonyl (C=O) groups excluding carboxylic acids is 1. The number of carboxylic acid groups (broad SMARTS) is 1. The number of hydrogen-bond donors (Lipinski definition) is 2. The molecule has 0 unspecified atom stereocenters. The average Bonchev–Trinajstić information content (AvgIpc) is 2.42. The largest absolute Gasteiger partial charge is 0.480 e. The van der Waals surface area contributed by atoms with Gasteiger partial charge in [-0.2, -0.15) is 0 Å². The molecule has 1 aromatic carbocycles. The Morgan fingerprint density at radius 3 is 2.78 bits per heavy atom. The van der Waals surface area contributed by atoms with Gasteiger partial charge in [-0.3, -0.25) is 0 Å². The van der Waals surface area contributed by atoms with Crippen molar-refractivity contribution in [2.24, 2.45) is 0 Å². The van der Waals surface area contributed by atoms with E-state index in [1.54, 1.807) is 24.3 Å². The van der Waals surface area contributed by atoms with Crippen molar-refractivity contribution in [3.05, 3.63) is 35.9 Å². The number of carbonyl (C=O) groups is 2. The minimum absolute atomic E-state index is 0.0539. The summed E-state index contributed by atoms with van der Waals surface area (Å²) in [7, 11) is -0.371. The Hall–Kier alpha value is -2.08. The van der Waals surface area contributed by atoms with Crippen molar-refractivity contribution in [3.63, 3.8) is 0 Å². The van der Waals surface area contributed by atoms with Crippen LogP contribution >= 0.6 is 0 Å². The SMILES string of the molecule is [2H]COC[C@H](NC(=O)OCc1ccccc1)C(=O)O. The van der Waals surface area contributed by atoms with Gasteiger partial charge >= 0.3 is 12.1 Å². The van der Waals surface area contributed by atoms with Crippen molar-refractivity contribution < 1.29 is 25.5 Å². The first-order valence-electron chi connectivity index (χ1n) is 5.91. The average molecular weight is 254 g/mol. The monoisotopic (exact) mass is 254 g/mol. The van der Waals surface area contributed by atoms with Crippen molar-refractivity contribution in [3.8, 4) is 0 Å². The molecule has 0 aliphatic carbocycles. The predicted molar refractivity (Wildman–Crippen MR) is 63.1 cm³/mol. The molecular weight excluding hydrogens is 238 g/mol. The molecule has 0 aromatic heterocycles. The van der Waals surface area contributed by atoms with E-state index in [4.69, 9.17) is 11.2 Å². The van der Waals surface area contributed by atoms with Gasteiger partial charge in [-0.05, 0) is 5.56 Å². The smallest absolute Gasteiger partial charge is 0.408 e. The zero-order valence-corrected chi connectivity index (χ0v) is 9.67. The molecule has 1 aromatic rings. The van der Waals surface area contributed by atoms with Crippen LogP contribution in [0.5, 0.6) is 0 Å². The van der Waals surface area contributed by atoms with Gasteiger partial charge in [0.1, 0.15) is 6.61 Å². The summed E-state index contributed by atoms with van der Waals surface area (Å²) in [6.07, 6.45) is -0.843. The van der Waals surface area contributed by atoms with Crippen LogP contribution in [0.2, 0.25) is 0 Å². The Morgan fingerprint density at radius 1 is 1.44 bits per heavy atom. The van der Waals surface area contributed by atoms with Crippen molar-refractivity contribution >= 4 is 12.1 Å². The first kappa shape index (κ1) is 12.4. The molecule has 0 aliphatic heterocycles. The number of aliphatic carboxylic acids is 1. The molecule has 0 bridgehead atoms. The van der Waals surface area contributed by atoms with E-state index < -0.39 is 18.1 Å². The Labute approximate surface area is 106 Å². The van der Waals surface area contributed by atoms with E-state index in [0.717, 1.165) is 5.56 Å².